The van der Waals surface area contributed by atoms with Gasteiger partial charge in [0.25, 0.3) is 5.91 Å². The van der Waals surface area contributed by atoms with Crippen molar-refractivity contribution in [2.45, 2.75) is 38.6 Å². The van der Waals surface area contributed by atoms with Crippen molar-refractivity contribution in [2.24, 2.45) is 11.7 Å². The van der Waals surface area contributed by atoms with Gasteiger partial charge in [-0.2, -0.15) is 0 Å². The minimum Gasteiger partial charge on any atom is -0.497 e. The van der Waals surface area contributed by atoms with E-state index in [0.717, 1.165) is 18.4 Å². The van der Waals surface area contributed by atoms with E-state index < -0.39 is 36.5 Å². The summed E-state index contributed by atoms with van der Waals surface area (Å²) in [6.45, 7) is 1.94. The van der Waals surface area contributed by atoms with Crippen molar-refractivity contribution < 1.29 is 28.7 Å². The summed E-state index contributed by atoms with van der Waals surface area (Å²) in [5.74, 6) is -1.38. The number of piperidine rings is 1. The van der Waals surface area contributed by atoms with Crippen molar-refractivity contribution in [3.63, 3.8) is 0 Å². The van der Waals surface area contributed by atoms with Crippen molar-refractivity contribution in [3.8, 4) is 5.75 Å². The number of unbranched alkanes of at least 4 members (excludes halogenated alkanes) is 1. The van der Waals surface area contributed by atoms with Crippen LogP contribution in [0.1, 0.15) is 44.2 Å². The zero-order chi connectivity index (χ0) is 21.4. The summed E-state index contributed by atoms with van der Waals surface area (Å²) >= 11 is 0. The van der Waals surface area contributed by atoms with Gasteiger partial charge in [-0.1, -0.05) is 25.5 Å². The molecular formula is C20H27N3O6. The van der Waals surface area contributed by atoms with Gasteiger partial charge in [-0.3, -0.25) is 19.7 Å². The SMILES string of the molecule is CCCCN1C(=O)CC[C@H](C(=O)OCC(=O)NC(N)=O)[C@@H]1c1ccc(OC)cc1. The predicted octanol–water partition coefficient (Wildman–Crippen LogP) is 1.51. The van der Waals surface area contributed by atoms with Gasteiger partial charge < -0.3 is 20.1 Å². The zero-order valence-corrected chi connectivity index (χ0v) is 16.7. The van der Waals surface area contributed by atoms with E-state index in [9.17, 15) is 19.2 Å². The number of primary amides is 1. The van der Waals surface area contributed by atoms with Crippen LogP contribution in [0.5, 0.6) is 5.75 Å². The largest absolute Gasteiger partial charge is 0.497 e. The molecule has 1 aliphatic heterocycles. The van der Waals surface area contributed by atoms with E-state index in [1.54, 1.807) is 24.1 Å². The first-order valence-corrected chi connectivity index (χ1v) is 9.56. The molecule has 1 aliphatic rings. The number of rotatable bonds is 8. The molecule has 0 spiro atoms. The van der Waals surface area contributed by atoms with Crippen LogP contribution in [-0.4, -0.2) is 49.0 Å². The van der Waals surface area contributed by atoms with Crippen molar-refractivity contribution in [3.05, 3.63) is 29.8 Å². The monoisotopic (exact) mass is 405 g/mol. The van der Waals surface area contributed by atoms with Crippen LogP contribution < -0.4 is 15.8 Å². The minimum atomic E-state index is -1.02. The first-order valence-electron chi connectivity index (χ1n) is 9.56. The summed E-state index contributed by atoms with van der Waals surface area (Å²) in [6.07, 6.45) is 2.25. The number of imide groups is 1. The number of methoxy groups -OCH3 is 1. The number of likely N-dealkylation sites (tertiary alicyclic amines) is 1. The van der Waals surface area contributed by atoms with E-state index in [-0.39, 0.29) is 12.3 Å². The maximum atomic E-state index is 12.7. The fraction of sp³-hybridized carbons (Fsp3) is 0.500. The van der Waals surface area contributed by atoms with Gasteiger partial charge >= 0.3 is 12.0 Å². The molecule has 1 aromatic carbocycles. The predicted molar refractivity (Wildman–Crippen MR) is 104 cm³/mol. The Kier molecular flexibility index (Phi) is 7.99. The Morgan fingerprint density at radius 1 is 1.24 bits per heavy atom. The summed E-state index contributed by atoms with van der Waals surface area (Å²) in [6, 6.07) is 5.67. The summed E-state index contributed by atoms with van der Waals surface area (Å²) in [4.78, 5) is 49.3. The highest BCUT2D eigenvalue weighted by Gasteiger charge is 2.41. The number of urea groups is 1. The molecule has 9 heteroatoms. The second-order valence-electron chi connectivity index (χ2n) is 6.82. The lowest BCUT2D eigenvalue weighted by Crippen LogP contribution is -2.46. The highest BCUT2D eigenvalue weighted by atomic mass is 16.5. The second-order valence-corrected chi connectivity index (χ2v) is 6.82. The van der Waals surface area contributed by atoms with Crippen molar-refractivity contribution in [2.75, 3.05) is 20.3 Å². The third-order valence-electron chi connectivity index (χ3n) is 4.83. The van der Waals surface area contributed by atoms with E-state index in [0.29, 0.717) is 18.7 Å². The molecule has 2 atom stereocenters. The minimum absolute atomic E-state index is 0.0187. The fourth-order valence-corrected chi connectivity index (χ4v) is 3.42. The first-order chi connectivity index (χ1) is 13.9. The van der Waals surface area contributed by atoms with Crippen LogP contribution in [0.2, 0.25) is 0 Å². The van der Waals surface area contributed by atoms with Crippen LogP contribution in [0.3, 0.4) is 0 Å². The van der Waals surface area contributed by atoms with E-state index >= 15 is 0 Å². The average molecular weight is 405 g/mol. The Morgan fingerprint density at radius 2 is 1.93 bits per heavy atom. The molecule has 0 aromatic heterocycles. The summed E-state index contributed by atoms with van der Waals surface area (Å²) < 4.78 is 10.3. The molecule has 0 saturated carbocycles. The van der Waals surface area contributed by atoms with Gasteiger partial charge in [0.2, 0.25) is 5.91 Å². The van der Waals surface area contributed by atoms with Gasteiger partial charge in [-0.15, -0.1) is 0 Å². The van der Waals surface area contributed by atoms with E-state index in [2.05, 4.69) is 0 Å². The highest BCUT2D eigenvalue weighted by molar-refractivity contribution is 5.95. The van der Waals surface area contributed by atoms with Crippen LogP contribution in [0.25, 0.3) is 0 Å². The van der Waals surface area contributed by atoms with E-state index in [1.165, 1.54) is 0 Å². The van der Waals surface area contributed by atoms with Gasteiger partial charge in [0.1, 0.15) is 5.75 Å². The lowest BCUT2D eigenvalue weighted by Gasteiger charge is -2.40. The lowest BCUT2D eigenvalue weighted by atomic mass is 9.84. The maximum absolute atomic E-state index is 12.7. The Morgan fingerprint density at radius 3 is 2.52 bits per heavy atom. The highest BCUT2D eigenvalue weighted by Crippen LogP contribution is 2.38. The fourth-order valence-electron chi connectivity index (χ4n) is 3.42. The van der Waals surface area contributed by atoms with Gasteiger partial charge in [0, 0.05) is 13.0 Å². The van der Waals surface area contributed by atoms with Crippen molar-refractivity contribution >= 4 is 23.8 Å². The number of nitrogens with zero attached hydrogens (tertiary/aromatic N) is 1. The van der Waals surface area contributed by atoms with Crippen LogP contribution in [0.15, 0.2) is 24.3 Å². The number of ether oxygens (including phenoxy) is 2. The Balaban J connectivity index is 2.24. The third-order valence-corrected chi connectivity index (χ3v) is 4.83. The van der Waals surface area contributed by atoms with Gasteiger partial charge in [-0.25, -0.2) is 4.79 Å². The molecule has 0 unspecified atom stereocenters. The number of carbonyl (C=O) groups excluding carboxylic acids is 4. The van der Waals surface area contributed by atoms with Gasteiger partial charge in [0.15, 0.2) is 6.61 Å². The van der Waals surface area contributed by atoms with E-state index in [1.807, 2.05) is 24.4 Å². The third kappa shape index (κ3) is 5.94. The van der Waals surface area contributed by atoms with Gasteiger partial charge in [0.05, 0.1) is 19.1 Å². The van der Waals surface area contributed by atoms with Crippen molar-refractivity contribution in [1.29, 1.82) is 0 Å². The Hall–Kier alpha value is -3.10. The Bertz CT molecular complexity index is 749. The first kappa shape index (κ1) is 22.2. The Labute approximate surface area is 169 Å². The molecule has 4 amide bonds. The number of hydrogen-bond acceptors (Lipinski definition) is 6. The van der Waals surface area contributed by atoms with Crippen molar-refractivity contribution in [1.82, 2.24) is 10.2 Å². The standard InChI is InChI=1S/C20H27N3O6/c1-3-4-11-23-17(25)10-9-15(19(26)29-12-16(24)22-20(21)27)18(23)13-5-7-14(28-2)8-6-13/h5-8,15,18H,3-4,9-12H2,1-2H3,(H3,21,22,24,27)/t15-,18-/m0/s1. The number of esters is 1. The van der Waals surface area contributed by atoms with Crippen LogP contribution in [0.4, 0.5) is 4.79 Å². The number of amides is 4. The topological polar surface area (TPSA) is 128 Å². The lowest BCUT2D eigenvalue weighted by molar-refractivity contribution is -0.159. The molecule has 29 heavy (non-hydrogen) atoms. The maximum Gasteiger partial charge on any atom is 0.318 e. The summed E-state index contributed by atoms with van der Waals surface area (Å²) in [7, 11) is 1.56. The number of hydrogen-bond donors (Lipinski definition) is 2. The molecule has 0 aliphatic carbocycles. The molecule has 1 fully saturated rings. The zero-order valence-electron chi connectivity index (χ0n) is 16.7. The van der Waals surface area contributed by atoms with Crippen LogP contribution >= 0.6 is 0 Å². The molecule has 0 bridgehead atoms. The quantitative estimate of drug-likeness (QED) is 0.631. The summed E-state index contributed by atoms with van der Waals surface area (Å²) in [5.41, 5.74) is 5.67. The molecule has 9 nitrogen and oxygen atoms in total. The average Bonchev–Trinajstić information content (AvgIpc) is 2.70. The number of benzene rings is 1. The number of nitrogens with one attached hydrogen (secondary N) is 1. The summed E-state index contributed by atoms with van der Waals surface area (Å²) in [5, 5.41) is 1.84. The normalized spacial score (nSPS) is 18.8. The second kappa shape index (κ2) is 10.4. The molecular weight excluding hydrogens is 378 g/mol. The van der Waals surface area contributed by atoms with Gasteiger partial charge in [-0.05, 0) is 30.5 Å². The molecule has 1 aromatic rings. The smallest absolute Gasteiger partial charge is 0.318 e. The van der Waals surface area contributed by atoms with E-state index in [4.69, 9.17) is 15.2 Å². The molecule has 1 saturated heterocycles. The van der Waals surface area contributed by atoms with Crippen LogP contribution in [-0.2, 0) is 19.1 Å². The van der Waals surface area contributed by atoms with Crippen LogP contribution in [0, 0.1) is 5.92 Å². The molecule has 3 N–H and O–H groups in total. The molecule has 2 rings (SSSR count). The molecule has 0 radical (unpaired) electrons. The molecule has 1 heterocycles. The number of nitrogens with two attached hydrogens (primary N) is 1. The number of carbonyl (C=O) groups is 4. The molecule has 158 valence electrons.